The molecule has 5 nitrogen and oxygen atoms in total. The number of carbonyl (C=O) groups is 2. The van der Waals surface area contributed by atoms with Crippen LogP contribution in [0.4, 0.5) is 5.69 Å². The van der Waals surface area contributed by atoms with Gasteiger partial charge in [-0.15, -0.1) is 0 Å². The standard InChI is InChI=1S/C20H21BrN2O3/c1-3-26-18-7-5-4-6-17(18)23-13-12-22(14(2)19(23)24)20(25)15-8-10-16(21)11-9-15/h4-11,14H,3,12-13H2,1-2H3/t14-/m0/s1. The van der Waals surface area contributed by atoms with Gasteiger partial charge < -0.3 is 14.5 Å². The van der Waals surface area contributed by atoms with Crippen LogP contribution in [0.5, 0.6) is 5.75 Å². The molecule has 2 aromatic carbocycles. The summed E-state index contributed by atoms with van der Waals surface area (Å²) in [6.07, 6.45) is 0. The third kappa shape index (κ3) is 3.60. The molecule has 136 valence electrons. The Bertz CT molecular complexity index is 807. The number of rotatable bonds is 4. The maximum atomic E-state index is 13.0. The molecule has 1 atom stereocenters. The Balaban J connectivity index is 1.81. The zero-order chi connectivity index (χ0) is 18.7. The average molecular weight is 417 g/mol. The molecule has 6 heteroatoms. The monoisotopic (exact) mass is 416 g/mol. The smallest absolute Gasteiger partial charge is 0.254 e. The first-order valence-electron chi connectivity index (χ1n) is 8.62. The molecule has 1 saturated heterocycles. The highest BCUT2D eigenvalue weighted by molar-refractivity contribution is 9.10. The molecule has 2 amide bonds. The minimum Gasteiger partial charge on any atom is -0.492 e. The molecule has 0 unspecified atom stereocenters. The number of anilines is 1. The first-order valence-corrected chi connectivity index (χ1v) is 9.42. The van der Waals surface area contributed by atoms with Crippen LogP contribution in [0, 0.1) is 0 Å². The second kappa shape index (κ2) is 7.91. The van der Waals surface area contributed by atoms with Gasteiger partial charge in [0.15, 0.2) is 0 Å². The molecule has 0 N–H and O–H groups in total. The van der Waals surface area contributed by atoms with Gasteiger partial charge >= 0.3 is 0 Å². The van der Waals surface area contributed by atoms with Crippen molar-refractivity contribution in [3.05, 3.63) is 58.6 Å². The lowest BCUT2D eigenvalue weighted by molar-refractivity contribution is -0.124. The van der Waals surface area contributed by atoms with Crippen LogP contribution >= 0.6 is 15.9 Å². The summed E-state index contributed by atoms with van der Waals surface area (Å²) in [6, 6.07) is 14.2. The molecule has 0 bridgehead atoms. The van der Waals surface area contributed by atoms with E-state index in [0.29, 0.717) is 31.0 Å². The SMILES string of the molecule is CCOc1ccccc1N1CCN(C(=O)c2ccc(Br)cc2)[C@@H](C)C1=O. The second-order valence-electron chi connectivity index (χ2n) is 6.07. The number of hydrogen-bond donors (Lipinski definition) is 0. The van der Waals surface area contributed by atoms with Gasteiger partial charge in [0.1, 0.15) is 11.8 Å². The van der Waals surface area contributed by atoms with Crippen LogP contribution in [0.2, 0.25) is 0 Å². The molecule has 0 saturated carbocycles. The number of amides is 2. The number of piperazine rings is 1. The number of halogens is 1. The highest BCUT2D eigenvalue weighted by Gasteiger charge is 2.36. The number of hydrogen-bond acceptors (Lipinski definition) is 3. The van der Waals surface area contributed by atoms with Crippen LogP contribution in [0.15, 0.2) is 53.0 Å². The van der Waals surface area contributed by atoms with Crippen molar-refractivity contribution >= 4 is 33.4 Å². The summed E-state index contributed by atoms with van der Waals surface area (Å²) in [5, 5.41) is 0. The fourth-order valence-electron chi connectivity index (χ4n) is 3.10. The largest absolute Gasteiger partial charge is 0.492 e. The van der Waals surface area contributed by atoms with E-state index in [1.807, 2.05) is 43.3 Å². The highest BCUT2D eigenvalue weighted by atomic mass is 79.9. The average Bonchev–Trinajstić information content (AvgIpc) is 2.65. The van der Waals surface area contributed by atoms with Gasteiger partial charge in [0, 0.05) is 23.1 Å². The Labute approximate surface area is 161 Å². The van der Waals surface area contributed by atoms with Crippen LogP contribution in [0.25, 0.3) is 0 Å². The summed E-state index contributed by atoms with van der Waals surface area (Å²) in [6.45, 7) is 5.13. The van der Waals surface area contributed by atoms with Crippen molar-refractivity contribution in [2.45, 2.75) is 19.9 Å². The number of para-hydroxylation sites is 2. The lowest BCUT2D eigenvalue weighted by Gasteiger charge is -2.39. The Morgan fingerprint density at radius 3 is 2.54 bits per heavy atom. The molecule has 1 aliphatic heterocycles. The number of benzene rings is 2. The molecular weight excluding hydrogens is 396 g/mol. The fourth-order valence-corrected chi connectivity index (χ4v) is 3.37. The zero-order valence-electron chi connectivity index (χ0n) is 14.8. The lowest BCUT2D eigenvalue weighted by Crippen LogP contribution is -2.57. The fraction of sp³-hybridized carbons (Fsp3) is 0.300. The maximum Gasteiger partial charge on any atom is 0.254 e. The normalized spacial score (nSPS) is 17.3. The van der Waals surface area contributed by atoms with Crippen LogP contribution in [-0.2, 0) is 4.79 Å². The third-order valence-corrected chi connectivity index (χ3v) is 4.99. The number of ether oxygens (including phenoxy) is 1. The van der Waals surface area contributed by atoms with E-state index >= 15 is 0 Å². The van der Waals surface area contributed by atoms with E-state index < -0.39 is 6.04 Å². The number of nitrogens with zero attached hydrogens (tertiary/aromatic N) is 2. The Hall–Kier alpha value is -2.34. The van der Waals surface area contributed by atoms with Crippen LogP contribution < -0.4 is 9.64 Å². The van der Waals surface area contributed by atoms with Crippen molar-refractivity contribution in [1.29, 1.82) is 0 Å². The molecular formula is C20H21BrN2O3. The molecule has 3 rings (SSSR count). The van der Waals surface area contributed by atoms with E-state index in [4.69, 9.17) is 4.74 Å². The summed E-state index contributed by atoms with van der Waals surface area (Å²) >= 11 is 3.37. The summed E-state index contributed by atoms with van der Waals surface area (Å²) in [5.74, 6) is 0.452. The van der Waals surface area contributed by atoms with Crippen molar-refractivity contribution in [2.75, 3.05) is 24.6 Å². The van der Waals surface area contributed by atoms with E-state index in [1.54, 1.807) is 28.9 Å². The van der Waals surface area contributed by atoms with Gasteiger partial charge in [0.25, 0.3) is 5.91 Å². The molecule has 0 aromatic heterocycles. The van der Waals surface area contributed by atoms with Gasteiger partial charge in [-0.05, 0) is 50.2 Å². The highest BCUT2D eigenvalue weighted by Crippen LogP contribution is 2.30. The molecule has 1 heterocycles. The van der Waals surface area contributed by atoms with Gasteiger partial charge in [-0.1, -0.05) is 28.1 Å². The Morgan fingerprint density at radius 2 is 1.85 bits per heavy atom. The zero-order valence-corrected chi connectivity index (χ0v) is 16.4. The van der Waals surface area contributed by atoms with Crippen molar-refractivity contribution in [3.8, 4) is 5.75 Å². The van der Waals surface area contributed by atoms with E-state index in [9.17, 15) is 9.59 Å². The van der Waals surface area contributed by atoms with Crippen molar-refractivity contribution in [2.24, 2.45) is 0 Å². The van der Waals surface area contributed by atoms with Crippen LogP contribution in [-0.4, -0.2) is 42.5 Å². The Morgan fingerprint density at radius 1 is 1.15 bits per heavy atom. The number of carbonyl (C=O) groups excluding carboxylic acids is 2. The molecule has 26 heavy (non-hydrogen) atoms. The molecule has 0 aliphatic carbocycles. The summed E-state index contributed by atoms with van der Waals surface area (Å²) in [5.41, 5.74) is 1.33. The molecule has 2 aromatic rings. The summed E-state index contributed by atoms with van der Waals surface area (Å²) in [7, 11) is 0. The summed E-state index contributed by atoms with van der Waals surface area (Å²) < 4.78 is 6.56. The van der Waals surface area contributed by atoms with Crippen molar-refractivity contribution in [1.82, 2.24) is 4.90 Å². The van der Waals surface area contributed by atoms with E-state index in [2.05, 4.69) is 15.9 Å². The van der Waals surface area contributed by atoms with Crippen molar-refractivity contribution in [3.63, 3.8) is 0 Å². The molecule has 0 radical (unpaired) electrons. The van der Waals surface area contributed by atoms with Crippen LogP contribution in [0.3, 0.4) is 0 Å². The molecule has 1 aliphatic rings. The van der Waals surface area contributed by atoms with Crippen molar-refractivity contribution < 1.29 is 14.3 Å². The van der Waals surface area contributed by atoms with E-state index in [-0.39, 0.29) is 11.8 Å². The summed E-state index contributed by atoms with van der Waals surface area (Å²) in [4.78, 5) is 29.1. The van der Waals surface area contributed by atoms with E-state index in [0.717, 1.165) is 10.2 Å². The minimum absolute atomic E-state index is 0.103. The molecule has 0 spiro atoms. The van der Waals surface area contributed by atoms with Gasteiger partial charge in [-0.25, -0.2) is 0 Å². The first-order chi connectivity index (χ1) is 12.5. The maximum absolute atomic E-state index is 13.0. The van der Waals surface area contributed by atoms with Gasteiger partial charge in [0.05, 0.1) is 12.3 Å². The minimum atomic E-state index is -0.533. The molecule has 1 fully saturated rings. The topological polar surface area (TPSA) is 49.9 Å². The first kappa shape index (κ1) is 18.5. The van der Waals surface area contributed by atoms with E-state index in [1.165, 1.54) is 0 Å². The predicted molar refractivity (Wildman–Crippen MR) is 105 cm³/mol. The van der Waals surface area contributed by atoms with Gasteiger partial charge in [0.2, 0.25) is 5.91 Å². The lowest BCUT2D eigenvalue weighted by atomic mass is 10.1. The predicted octanol–water partition coefficient (Wildman–Crippen LogP) is 3.73. The van der Waals surface area contributed by atoms with Crippen LogP contribution in [0.1, 0.15) is 24.2 Å². The van der Waals surface area contributed by atoms with Gasteiger partial charge in [-0.2, -0.15) is 0 Å². The second-order valence-corrected chi connectivity index (χ2v) is 6.99. The Kier molecular flexibility index (Phi) is 5.61. The van der Waals surface area contributed by atoms with Gasteiger partial charge in [-0.3, -0.25) is 9.59 Å². The quantitative estimate of drug-likeness (QED) is 0.762. The third-order valence-electron chi connectivity index (χ3n) is 4.46.